The minimum Gasteiger partial charge on any atom is -0.412 e. The number of fused-ring (bicyclic) bond motifs is 1. The summed E-state index contributed by atoms with van der Waals surface area (Å²) in [5.41, 5.74) is 2.65. The Balaban J connectivity index is 1.78. The zero-order chi connectivity index (χ0) is 19.8. The van der Waals surface area contributed by atoms with Gasteiger partial charge < -0.3 is 4.43 Å². The number of aryl methyl sites for hydroxylation is 1. The number of hydrogen-bond acceptors (Lipinski definition) is 2. The molecule has 1 aromatic carbocycles. The maximum Gasteiger partial charge on any atom is 0.278 e. The van der Waals surface area contributed by atoms with Crippen molar-refractivity contribution in [1.82, 2.24) is 9.78 Å². The van der Waals surface area contributed by atoms with Crippen molar-refractivity contribution in [3.8, 4) is 5.69 Å². The summed E-state index contributed by atoms with van der Waals surface area (Å²) in [4.78, 5) is 0. The lowest BCUT2D eigenvalue weighted by Gasteiger charge is -2.42. The smallest absolute Gasteiger partial charge is 0.278 e. The quantitative estimate of drug-likeness (QED) is 0.493. The monoisotopic (exact) mass is 390 g/mol. The van der Waals surface area contributed by atoms with Crippen molar-refractivity contribution in [1.29, 1.82) is 0 Å². The molecule has 0 bridgehead atoms. The zero-order valence-electron chi connectivity index (χ0n) is 17.4. The molecule has 0 saturated carbocycles. The minimum atomic E-state index is -1.86. The second kappa shape index (κ2) is 7.84. The second-order valence-corrected chi connectivity index (χ2v) is 14.1. The number of halogens is 1. The van der Waals surface area contributed by atoms with Crippen LogP contribution in [0.3, 0.4) is 0 Å². The van der Waals surface area contributed by atoms with Gasteiger partial charge in [-0.1, -0.05) is 46.2 Å². The summed E-state index contributed by atoms with van der Waals surface area (Å²) in [7, 11) is -1.86. The molecule has 0 spiro atoms. The Labute approximate surface area is 163 Å². The molecule has 0 aliphatic carbocycles. The van der Waals surface area contributed by atoms with Gasteiger partial charge >= 0.3 is 0 Å². The molecular formula is C21H33FN3OSi+. The third-order valence-corrected chi connectivity index (χ3v) is 12.3. The van der Waals surface area contributed by atoms with E-state index in [2.05, 4.69) is 46.1 Å². The van der Waals surface area contributed by atoms with Crippen LogP contribution in [0.4, 0.5) is 4.39 Å². The van der Waals surface area contributed by atoms with Crippen LogP contribution in [0.25, 0.3) is 5.69 Å². The van der Waals surface area contributed by atoms with Crippen LogP contribution >= 0.6 is 0 Å². The molecule has 1 aliphatic rings. The lowest BCUT2D eigenvalue weighted by atomic mass is 10.2. The van der Waals surface area contributed by atoms with Gasteiger partial charge in [0.15, 0.2) is 0 Å². The first-order valence-corrected chi connectivity index (χ1v) is 12.3. The fourth-order valence-electron chi connectivity index (χ4n) is 4.93. The summed E-state index contributed by atoms with van der Waals surface area (Å²) >= 11 is 0. The molecule has 1 aliphatic heterocycles. The van der Waals surface area contributed by atoms with Crippen LogP contribution in [0, 0.1) is 5.82 Å². The van der Waals surface area contributed by atoms with Crippen LogP contribution in [0.1, 0.15) is 59.8 Å². The van der Waals surface area contributed by atoms with Gasteiger partial charge in [0.1, 0.15) is 17.5 Å². The van der Waals surface area contributed by atoms with Gasteiger partial charge in [0, 0.05) is 11.5 Å². The second-order valence-electron chi connectivity index (χ2n) is 8.68. The third kappa shape index (κ3) is 3.74. The molecule has 4 nitrogen and oxygen atoms in total. The molecule has 1 atom stereocenters. The minimum absolute atomic E-state index is 0.227. The van der Waals surface area contributed by atoms with Crippen LogP contribution in [-0.4, -0.2) is 24.7 Å². The molecule has 1 aromatic heterocycles. The van der Waals surface area contributed by atoms with Crippen molar-refractivity contribution < 1.29 is 13.4 Å². The van der Waals surface area contributed by atoms with Crippen molar-refractivity contribution in [2.24, 2.45) is 0 Å². The first-order valence-electron chi connectivity index (χ1n) is 10.1. The van der Waals surface area contributed by atoms with Crippen LogP contribution < -0.4 is 4.57 Å². The van der Waals surface area contributed by atoms with Gasteiger partial charge in [-0.25, -0.2) is 8.96 Å². The van der Waals surface area contributed by atoms with Gasteiger partial charge in [-0.05, 0) is 47.3 Å². The largest absolute Gasteiger partial charge is 0.412 e. The van der Waals surface area contributed by atoms with Gasteiger partial charge in [0.2, 0.25) is 14.6 Å². The van der Waals surface area contributed by atoms with Gasteiger partial charge in [-0.3, -0.25) is 0 Å². The summed E-state index contributed by atoms with van der Waals surface area (Å²) in [5, 5.41) is 4.70. The topological polar surface area (TPSA) is 30.9 Å². The van der Waals surface area contributed by atoms with Crippen molar-refractivity contribution in [2.45, 2.75) is 77.0 Å². The lowest BCUT2D eigenvalue weighted by Crippen LogP contribution is -2.50. The van der Waals surface area contributed by atoms with Crippen LogP contribution in [0.15, 0.2) is 30.6 Å². The van der Waals surface area contributed by atoms with E-state index in [0.29, 0.717) is 22.7 Å². The number of aromatic nitrogens is 3. The highest BCUT2D eigenvalue weighted by atomic mass is 28.4. The summed E-state index contributed by atoms with van der Waals surface area (Å²) in [5.74, 6) is 0.855. The maximum atomic E-state index is 13.2. The normalized spacial score (nSPS) is 17.3. The molecule has 6 heteroatoms. The first-order chi connectivity index (χ1) is 12.8. The van der Waals surface area contributed by atoms with Crippen LogP contribution in [-0.2, 0) is 10.8 Å². The molecule has 0 N–H and O–H groups in total. The van der Waals surface area contributed by atoms with E-state index < -0.39 is 8.32 Å². The van der Waals surface area contributed by atoms with Crippen molar-refractivity contribution in [3.63, 3.8) is 0 Å². The Bertz CT molecular complexity index is 748. The van der Waals surface area contributed by atoms with E-state index in [-0.39, 0.29) is 5.82 Å². The van der Waals surface area contributed by atoms with E-state index in [1.807, 2.05) is 11.0 Å². The highest BCUT2D eigenvalue weighted by Crippen LogP contribution is 2.42. The fraction of sp³-hybridized carbons (Fsp3) is 0.619. The van der Waals surface area contributed by atoms with E-state index in [4.69, 9.17) is 9.52 Å². The Kier molecular flexibility index (Phi) is 5.86. The fourth-order valence-corrected chi connectivity index (χ4v) is 10.4. The van der Waals surface area contributed by atoms with Gasteiger partial charge in [0.05, 0.1) is 6.61 Å². The van der Waals surface area contributed by atoms with E-state index in [1.54, 1.807) is 12.1 Å². The molecule has 2 aromatic rings. The average Bonchev–Trinajstić information content (AvgIpc) is 3.16. The molecule has 0 unspecified atom stereocenters. The lowest BCUT2D eigenvalue weighted by molar-refractivity contribution is -0.718. The maximum absolute atomic E-state index is 13.2. The standard InChI is InChI=1S/C21H33FN3OSi/c1-15(2)27(16(3)4,17(5)6)26-13-20-11-12-21-23-25(14-24(20)21)19-9-7-18(22)8-10-19/h7-10,14-17,20H,11-13H2,1-6H3/q+1/t20-/m0/s1. The Morgan fingerprint density at radius 2 is 1.70 bits per heavy atom. The number of rotatable bonds is 7. The van der Waals surface area contributed by atoms with Crippen LogP contribution in [0.5, 0.6) is 0 Å². The Hall–Kier alpha value is -1.53. The predicted octanol–water partition coefficient (Wildman–Crippen LogP) is 4.98. The predicted molar refractivity (Wildman–Crippen MR) is 108 cm³/mol. The van der Waals surface area contributed by atoms with Crippen LogP contribution in [0.2, 0.25) is 16.6 Å². The molecule has 3 rings (SSSR count). The molecule has 27 heavy (non-hydrogen) atoms. The molecule has 148 valence electrons. The van der Waals surface area contributed by atoms with Gasteiger partial charge in [0.25, 0.3) is 5.82 Å². The van der Waals surface area contributed by atoms with E-state index in [1.165, 1.54) is 12.1 Å². The van der Waals surface area contributed by atoms with Crippen molar-refractivity contribution >= 4 is 8.32 Å². The van der Waals surface area contributed by atoms with Crippen molar-refractivity contribution in [2.75, 3.05) is 6.61 Å². The third-order valence-electron chi connectivity index (χ3n) is 6.17. The van der Waals surface area contributed by atoms with E-state index in [9.17, 15) is 4.39 Å². The SMILES string of the molecule is CC(C)[Si](OC[C@@H]1CCc2nn(-c3ccc(F)cc3)c[n+]21)(C(C)C)C(C)C. The molecule has 0 fully saturated rings. The average molecular weight is 391 g/mol. The van der Waals surface area contributed by atoms with Gasteiger partial charge in [-0.2, -0.15) is 0 Å². The summed E-state index contributed by atoms with van der Waals surface area (Å²) in [6, 6.07) is 6.80. The highest BCUT2D eigenvalue weighted by Gasteiger charge is 2.46. The van der Waals surface area contributed by atoms with Crippen molar-refractivity contribution in [3.05, 3.63) is 42.2 Å². The summed E-state index contributed by atoms with van der Waals surface area (Å²) in [6.45, 7) is 14.7. The first kappa shape index (κ1) is 20.2. The summed E-state index contributed by atoms with van der Waals surface area (Å²) < 4.78 is 24.1. The Morgan fingerprint density at radius 1 is 1.11 bits per heavy atom. The number of hydrogen-bond donors (Lipinski definition) is 0. The van der Waals surface area contributed by atoms with Gasteiger partial charge in [-0.15, -0.1) is 0 Å². The molecule has 0 amide bonds. The summed E-state index contributed by atoms with van der Waals surface area (Å²) in [6.07, 6.45) is 4.07. The van der Waals surface area contributed by atoms with E-state index >= 15 is 0 Å². The molecule has 0 radical (unpaired) electrons. The Morgan fingerprint density at radius 3 is 2.26 bits per heavy atom. The number of benzene rings is 1. The zero-order valence-corrected chi connectivity index (χ0v) is 18.4. The molecular weight excluding hydrogens is 357 g/mol. The van der Waals surface area contributed by atoms with E-state index in [0.717, 1.165) is 31.0 Å². The molecule has 0 saturated heterocycles. The highest BCUT2D eigenvalue weighted by molar-refractivity contribution is 6.77. The number of nitrogens with zero attached hydrogens (tertiary/aromatic N) is 3. The molecule has 2 heterocycles.